The van der Waals surface area contributed by atoms with E-state index in [4.69, 9.17) is 14.0 Å². The van der Waals surface area contributed by atoms with Gasteiger partial charge < -0.3 is 40.3 Å². The summed E-state index contributed by atoms with van der Waals surface area (Å²) in [5.74, 6) is -0.713. The summed E-state index contributed by atoms with van der Waals surface area (Å²) in [5.41, 5.74) is 0. The summed E-state index contributed by atoms with van der Waals surface area (Å²) in [5, 5.41) is 54.5. The fourth-order valence-electron chi connectivity index (χ4n) is 9.03. The number of unbranched alkanes of at least 4 members (excludes halogenated alkanes) is 32. The lowest BCUT2D eigenvalue weighted by atomic mass is 9.99. The minimum atomic E-state index is -5.11. The van der Waals surface area contributed by atoms with E-state index in [0.29, 0.717) is 12.8 Å². The molecule has 8 unspecified atom stereocenters. The lowest BCUT2D eigenvalue weighted by molar-refractivity contribution is -0.298. The molecule has 14 heteroatoms. The molecule has 1 aliphatic heterocycles. The van der Waals surface area contributed by atoms with Gasteiger partial charge in [-0.2, -0.15) is 8.42 Å². The SMILES string of the molecule is CCC/C=C/C(O)C(COC1OC(CO)C(O)C(OS(=O)(=O)O)C1O)NC(=O)C(O)CCCCCCCCCCCCCCCCCC/C=C\C/C=C\CCCCCCCCCCCCCCCCC. The molecule has 0 spiro atoms. The summed E-state index contributed by atoms with van der Waals surface area (Å²) in [6.45, 7) is 2.98. The Labute approximate surface area is 427 Å². The van der Waals surface area contributed by atoms with E-state index >= 15 is 0 Å². The standard InChI is InChI=1S/C56H105NO12S/c1-3-5-7-8-9-10-11-12-13-14-15-16-17-18-19-20-21-22-23-24-25-26-27-28-29-30-31-32-33-34-35-36-37-38-39-40-41-43-45-50(60)55(63)57-48(49(59)44-42-6-4-2)47-67-56-53(62)54(69-70(64,65)66)52(61)51(46-58)68-56/h21-22,24-25,42,44,48-54,56,58-62H,3-20,23,26-41,43,45-47H2,1-2H3,(H,57,63)(H,64,65,66)/b22-21-,25-24-,44-42+. The predicted molar refractivity (Wildman–Crippen MR) is 284 cm³/mol. The molecular weight excluding hydrogens is 911 g/mol. The van der Waals surface area contributed by atoms with Gasteiger partial charge in [0.25, 0.3) is 0 Å². The molecule has 13 nitrogen and oxygen atoms in total. The van der Waals surface area contributed by atoms with Crippen molar-refractivity contribution in [1.82, 2.24) is 5.32 Å². The van der Waals surface area contributed by atoms with Crippen LogP contribution in [-0.2, 0) is 28.9 Å². The van der Waals surface area contributed by atoms with Gasteiger partial charge in [-0.25, -0.2) is 4.18 Å². The van der Waals surface area contributed by atoms with Crippen LogP contribution in [0.3, 0.4) is 0 Å². The van der Waals surface area contributed by atoms with E-state index in [1.807, 2.05) is 6.92 Å². The molecule has 0 bridgehead atoms. The number of carbonyl (C=O) groups excluding carboxylic acids is 1. The van der Waals surface area contributed by atoms with Crippen molar-refractivity contribution in [3.05, 3.63) is 36.5 Å². The molecule has 8 atom stereocenters. The Kier molecular flexibility index (Phi) is 43.4. The minimum absolute atomic E-state index is 0.241. The lowest BCUT2D eigenvalue weighted by Gasteiger charge is -2.41. The second-order valence-electron chi connectivity index (χ2n) is 20.0. The first kappa shape index (κ1) is 66.3. The monoisotopic (exact) mass is 1020 g/mol. The van der Waals surface area contributed by atoms with Crippen molar-refractivity contribution in [2.75, 3.05) is 13.2 Å². The third-order valence-electron chi connectivity index (χ3n) is 13.5. The van der Waals surface area contributed by atoms with Gasteiger partial charge in [0.05, 0.1) is 25.4 Å². The first-order valence-corrected chi connectivity index (χ1v) is 29.8. The van der Waals surface area contributed by atoms with Gasteiger partial charge in [0.15, 0.2) is 6.29 Å². The van der Waals surface area contributed by atoms with E-state index in [2.05, 4.69) is 40.7 Å². The van der Waals surface area contributed by atoms with Crippen LogP contribution in [-0.4, -0.2) is 107 Å². The zero-order valence-electron chi connectivity index (χ0n) is 44.2. The lowest BCUT2D eigenvalue weighted by Crippen LogP contribution is -2.61. The van der Waals surface area contributed by atoms with Gasteiger partial charge in [-0.05, 0) is 44.9 Å². The molecule has 7 N–H and O–H groups in total. The predicted octanol–water partition coefficient (Wildman–Crippen LogP) is 12.0. The number of carbonyl (C=O) groups is 1. The Balaban J connectivity index is 2.03. The van der Waals surface area contributed by atoms with Crippen molar-refractivity contribution < 1.29 is 57.0 Å². The Hall–Kier alpha value is -1.72. The van der Waals surface area contributed by atoms with Crippen LogP contribution in [0, 0.1) is 0 Å². The number of nitrogens with one attached hydrogen (secondary N) is 1. The molecule has 0 aliphatic carbocycles. The van der Waals surface area contributed by atoms with E-state index in [1.165, 1.54) is 192 Å². The van der Waals surface area contributed by atoms with Gasteiger partial charge in [-0.15, -0.1) is 0 Å². The Bertz CT molecular complexity index is 1400. The van der Waals surface area contributed by atoms with Crippen molar-refractivity contribution in [2.45, 2.75) is 300 Å². The van der Waals surface area contributed by atoms with Crippen molar-refractivity contribution >= 4 is 16.3 Å². The number of aliphatic hydroxyl groups excluding tert-OH is 5. The zero-order valence-corrected chi connectivity index (χ0v) is 45.0. The van der Waals surface area contributed by atoms with Crippen LogP contribution < -0.4 is 5.32 Å². The van der Waals surface area contributed by atoms with Crippen LogP contribution in [0.4, 0.5) is 0 Å². The van der Waals surface area contributed by atoms with Crippen LogP contribution in [0.25, 0.3) is 0 Å². The molecule has 1 heterocycles. The maximum Gasteiger partial charge on any atom is 0.397 e. The topological polar surface area (TPSA) is 212 Å². The van der Waals surface area contributed by atoms with Gasteiger partial charge in [0.1, 0.15) is 30.5 Å². The molecule has 0 aromatic carbocycles. The van der Waals surface area contributed by atoms with Crippen LogP contribution in [0.5, 0.6) is 0 Å². The average Bonchev–Trinajstić information content (AvgIpc) is 3.33. The highest BCUT2D eigenvalue weighted by Crippen LogP contribution is 2.26. The van der Waals surface area contributed by atoms with E-state index in [0.717, 1.165) is 32.1 Å². The third-order valence-corrected chi connectivity index (χ3v) is 14.0. The van der Waals surface area contributed by atoms with E-state index < -0.39 is 78.5 Å². The second kappa shape index (κ2) is 45.9. The quantitative estimate of drug-likeness (QED) is 0.0172. The minimum Gasteiger partial charge on any atom is -0.394 e. The van der Waals surface area contributed by atoms with Crippen LogP contribution in [0.2, 0.25) is 0 Å². The molecule has 1 rings (SSSR count). The fourth-order valence-corrected chi connectivity index (χ4v) is 9.54. The van der Waals surface area contributed by atoms with Crippen LogP contribution >= 0.6 is 0 Å². The number of amides is 1. The molecule has 412 valence electrons. The number of hydrogen-bond acceptors (Lipinski definition) is 11. The number of allylic oxidation sites excluding steroid dienone is 5. The van der Waals surface area contributed by atoms with Gasteiger partial charge in [-0.1, -0.05) is 243 Å². The second-order valence-corrected chi connectivity index (χ2v) is 21.1. The molecule has 0 aromatic heterocycles. The Morgan fingerprint density at radius 3 is 1.43 bits per heavy atom. The smallest absolute Gasteiger partial charge is 0.394 e. The highest BCUT2D eigenvalue weighted by atomic mass is 32.3. The molecule has 1 amide bonds. The molecule has 0 saturated carbocycles. The summed E-state index contributed by atoms with van der Waals surface area (Å²) < 4.78 is 47.1. The molecule has 1 saturated heterocycles. The van der Waals surface area contributed by atoms with Crippen molar-refractivity contribution in [3.8, 4) is 0 Å². The molecule has 1 fully saturated rings. The molecular formula is C56H105NO12S. The normalized spacial score (nSPS) is 20.3. The molecule has 70 heavy (non-hydrogen) atoms. The van der Waals surface area contributed by atoms with Gasteiger partial charge >= 0.3 is 10.4 Å². The van der Waals surface area contributed by atoms with Crippen molar-refractivity contribution in [2.24, 2.45) is 0 Å². The number of hydrogen-bond donors (Lipinski definition) is 7. The Morgan fingerprint density at radius 1 is 0.586 bits per heavy atom. The van der Waals surface area contributed by atoms with E-state index in [-0.39, 0.29) is 6.42 Å². The van der Waals surface area contributed by atoms with Gasteiger partial charge in [0, 0.05) is 0 Å². The Morgan fingerprint density at radius 2 is 1.01 bits per heavy atom. The van der Waals surface area contributed by atoms with E-state index in [9.17, 15) is 38.7 Å². The maximum absolute atomic E-state index is 13.0. The van der Waals surface area contributed by atoms with Gasteiger partial charge in [-0.3, -0.25) is 9.35 Å². The first-order chi connectivity index (χ1) is 33.9. The third kappa shape index (κ3) is 37.1. The first-order valence-electron chi connectivity index (χ1n) is 28.5. The fraction of sp³-hybridized carbons (Fsp3) is 0.875. The maximum atomic E-state index is 13.0. The van der Waals surface area contributed by atoms with Crippen molar-refractivity contribution in [1.29, 1.82) is 0 Å². The summed E-state index contributed by atoms with van der Waals surface area (Å²) in [7, 11) is -5.11. The molecule has 0 aromatic rings. The highest BCUT2D eigenvalue weighted by Gasteiger charge is 2.48. The van der Waals surface area contributed by atoms with Crippen LogP contribution in [0.1, 0.15) is 251 Å². The molecule has 0 radical (unpaired) electrons. The number of ether oxygens (including phenoxy) is 2. The van der Waals surface area contributed by atoms with E-state index in [1.54, 1.807) is 6.08 Å². The summed E-state index contributed by atoms with van der Waals surface area (Å²) in [6, 6.07) is -1.12. The summed E-state index contributed by atoms with van der Waals surface area (Å²) in [6.07, 6.45) is 47.1. The summed E-state index contributed by atoms with van der Waals surface area (Å²) >= 11 is 0. The number of rotatable bonds is 49. The van der Waals surface area contributed by atoms with Gasteiger partial charge in [0.2, 0.25) is 5.91 Å². The molecule has 1 aliphatic rings. The zero-order chi connectivity index (χ0) is 51.3. The highest BCUT2D eigenvalue weighted by molar-refractivity contribution is 7.80. The largest absolute Gasteiger partial charge is 0.397 e. The average molecular weight is 1020 g/mol. The van der Waals surface area contributed by atoms with Crippen molar-refractivity contribution in [3.63, 3.8) is 0 Å². The van der Waals surface area contributed by atoms with Crippen LogP contribution in [0.15, 0.2) is 36.5 Å². The number of aliphatic hydroxyl groups is 5. The summed E-state index contributed by atoms with van der Waals surface area (Å²) in [4.78, 5) is 13.0.